The van der Waals surface area contributed by atoms with E-state index in [0.29, 0.717) is 35.9 Å². The van der Waals surface area contributed by atoms with E-state index in [-0.39, 0.29) is 23.7 Å². The van der Waals surface area contributed by atoms with Crippen LogP contribution in [0.2, 0.25) is 0 Å². The number of carbonyl (C=O) groups is 2. The molecule has 170 valence electrons. The predicted octanol–water partition coefficient (Wildman–Crippen LogP) is 3.19. The molecule has 2 atom stereocenters. The minimum Gasteiger partial charge on any atom is -0.497 e. The minimum atomic E-state index is -0.315. The van der Waals surface area contributed by atoms with Crippen LogP contribution in [0, 0.1) is 5.92 Å². The van der Waals surface area contributed by atoms with Gasteiger partial charge in [-0.1, -0.05) is 12.1 Å². The molecule has 0 bridgehead atoms. The van der Waals surface area contributed by atoms with Crippen molar-refractivity contribution in [1.82, 2.24) is 9.80 Å². The molecule has 2 amide bonds. The standard InChI is InChI=1S/C25H30N2O5/c1-30-18-8-6-7-17(13-18)24(28)27-15-21(20-10-9-19(31-2)14-23(20)32-3)22(16-27)25(29)26-11-4-5-12-26/h6-10,13-14,21-22H,4-5,11-12,15-16H2,1-3H3. The van der Waals surface area contributed by atoms with Crippen LogP contribution in [0.3, 0.4) is 0 Å². The topological polar surface area (TPSA) is 68.3 Å². The molecular weight excluding hydrogens is 408 g/mol. The zero-order valence-electron chi connectivity index (χ0n) is 18.9. The number of hydrogen-bond donors (Lipinski definition) is 0. The fourth-order valence-corrected chi connectivity index (χ4v) is 4.77. The first-order chi connectivity index (χ1) is 15.5. The highest BCUT2D eigenvalue weighted by Gasteiger charge is 2.43. The molecular formula is C25H30N2O5. The van der Waals surface area contributed by atoms with Gasteiger partial charge in [-0.3, -0.25) is 9.59 Å². The first-order valence-corrected chi connectivity index (χ1v) is 11.0. The zero-order chi connectivity index (χ0) is 22.7. The van der Waals surface area contributed by atoms with Crippen molar-refractivity contribution in [3.8, 4) is 17.2 Å². The molecule has 0 N–H and O–H groups in total. The van der Waals surface area contributed by atoms with Crippen molar-refractivity contribution < 1.29 is 23.8 Å². The van der Waals surface area contributed by atoms with E-state index in [1.54, 1.807) is 44.4 Å². The third-order valence-corrected chi connectivity index (χ3v) is 6.50. The SMILES string of the molecule is COc1cccc(C(=O)N2CC(C(=O)N3CCCC3)C(c3ccc(OC)cc3OC)C2)c1. The highest BCUT2D eigenvalue weighted by Crippen LogP contribution is 2.40. The molecule has 7 nitrogen and oxygen atoms in total. The van der Waals surface area contributed by atoms with E-state index in [0.717, 1.165) is 31.5 Å². The van der Waals surface area contributed by atoms with Crippen molar-refractivity contribution in [3.63, 3.8) is 0 Å². The first kappa shape index (κ1) is 22.0. The summed E-state index contributed by atoms with van der Waals surface area (Å²) in [4.78, 5) is 30.5. The minimum absolute atomic E-state index is 0.0990. The number of benzene rings is 2. The Morgan fingerprint density at radius 2 is 1.56 bits per heavy atom. The summed E-state index contributed by atoms with van der Waals surface area (Å²) in [5, 5.41) is 0. The van der Waals surface area contributed by atoms with Gasteiger partial charge in [0.15, 0.2) is 0 Å². The molecule has 0 aromatic heterocycles. The molecule has 2 aliphatic heterocycles. The Morgan fingerprint density at radius 3 is 2.25 bits per heavy atom. The molecule has 2 heterocycles. The number of nitrogens with zero attached hydrogens (tertiary/aromatic N) is 2. The maximum absolute atomic E-state index is 13.5. The number of rotatable bonds is 6. The van der Waals surface area contributed by atoms with E-state index < -0.39 is 0 Å². The first-order valence-electron chi connectivity index (χ1n) is 11.0. The van der Waals surface area contributed by atoms with Gasteiger partial charge in [0.2, 0.25) is 5.91 Å². The van der Waals surface area contributed by atoms with Crippen LogP contribution >= 0.6 is 0 Å². The van der Waals surface area contributed by atoms with E-state index >= 15 is 0 Å². The fourth-order valence-electron chi connectivity index (χ4n) is 4.77. The van der Waals surface area contributed by atoms with E-state index in [4.69, 9.17) is 14.2 Å². The van der Waals surface area contributed by atoms with Gasteiger partial charge in [0.1, 0.15) is 17.2 Å². The molecule has 2 fully saturated rings. The van der Waals surface area contributed by atoms with Crippen molar-refractivity contribution >= 4 is 11.8 Å². The van der Waals surface area contributed by atoms with Gasteiger partial charge in [0.05, 0.1) is 27.2 Å². The normalized spacial score (nSPS) is 20.3. The number of methoxy groups -OCH3 is 3. The quantitative estimate of drug-likeness (QED) is 0.693. The maximum atomic E-state index is 13.5. The van der Waals surface area contributed by atoms with Gasteiger partial charge in [0.25, 0.3) is 5.91 Å². The van der Waals surface area contributed by atoms with Gasteiger partial charge in [0, 0.05) is 49.3 Å². The molecule has 32 heavy (non-hydrogen) atoms. The molecule has 2 unspecified atom stereocenters. The Hall–Kier alpha value is -3.22. The predicted molar refractivity (Wildman–Crippen MR) is 120 cm³/mol. The summed E-state index contributed by atoms with van der Waals surface area (Å²) < 4.78 is 16.3. The van der Waals surface area contributed by atoms with E-state index in [1.807, 2.05) is 29.2 Å². The molecule has 0 spiro atoms. The van der Waals surface area contributed by atoms with Crippen LogP contribution in [-0.4, -0.2) is 69.1 Å². The van der Waals surface area contributed by atoms with Gasteiger partial charge in [-0.2, -0.15) is 0 Å². The maximum Gasteiger partial charge on any atom is 0.254 e. The molecule has 0 aliphatic carbocycles. The fraction of sp³-hybridized carbons (Fsp3) is 0.440. The molecule has 0 radical (unpaired) electrons. The number of carbonyl (C=O) groups excluding carboxylic acids is 2. The summed E-state index contributed by atoms with van der Waals surface area (Å²) >= 11 is 0. The van der Waals surface area contributed by atoms with Crippen LogP contribution in [0.4, 0.5) is 0 Å². The van der Waals surface area contributed by atoms with Crippen LogP contribution in [0.15, 0.2) is 42.5 Å². The Labute approximate surface area is 188 Å². The molecule has 2 aromatic rings. The number of amides is 2. The highest BCUT2D eigenvalue weighted by atomic mass is 16.5. The van der Waals surface area contributed by atoms with Crippen LogP contribution in [0.1, 0.15) is 34.7 Å². The van der Waals surface area contributed by atoms with Crippen molar-refractivity contribution in [2.24, 2.45) is 5.92 Å². The van der Waals surface area contributed by atoms with Crippen LogP contribution < -0.4 is 14.2 Å². The van der Waals surface area contributed by atoms with E-state index in [9.17, 15) is 9.59 Å². The summed E-state index contributed by atoms with van der Waals surface area (Å²) in [5.41, 5.74) is 1.48. The van der Waals surface area contributed by atoms with Gasteiger partial charge in [-0.25, -0.2) is 0 Å². The lowest BCUT2D eigenvalue weighted by Crippen LogP contribution is -2.37. The molecule has 0 saturated carbocycles. The number of hydrogen-bond acceptors (Lipinski definition) is 5. The van der Waals surface area contributed by atoms with Gasteiger partial charge < -0.3 is 24.0 Å². The molecule has 2 aliphatic rings. The van der Waals surface area contributed by atoms with Crippen LogP contribution in [0.25, 0.3) is 0 Å². The van der Waals surface area contributed by atoms with Crippen molar-refractivity contribution in [1.29, 1.82) is 0 Å². The third-order valence-electron chi connectivity index (χ3n) is 6.50. The number of likely N-dealkylation sites (tertiary alicyclic amines) is 2. The summed E-state index contributed by atoms with van der Waals surface area (Å²) in [6.07, 6.45) is 2.06. The Kier molecular flexibility index (Phi) is 6.53. The average molecular weight is 439 g/mol. The molecule has 2 saturated heterocycles. The summed E-state index contributed by atoms with van der Waals surface area (Å²) in [6.45, 7) is 2.39. The molecule has 2 aromatic carbocycles. The van der Waals surface area contributed by atoms with Gasteiger partial charge in [-0.05, 0) is 37.1 Å². The van der Waals surface area contributed by atoms with E-state index in [1.165, 1.54) is 0 Å². The Balaban J connectivity index is 1.66. The lowest BCUT2D eigenvalue weighted by atomic mass is 9.87. The third kappa shape index (κ3) is 4.24. The van der Waals surface area contributed by atoms with Crippen LogP contribution in [0.5, 0.6) is 17.2 Å². The lowest BCUT2D eigenvalue weighted by molar-refractivity contribution is -0.134. The van der Waals surface area contributed by atoms with Crippen molar-refractivity contribution in [3.05, 3.63) is 53.6 Å². The van der Waals surface area contributed by atoms with Crippen LogP contribution in [-0.2, 0) is 4.79 Å². The molecule has 7 heteroatoms. The summed E-state index contributed by atoms with van der Waals surface area (Å²) in [5.74, 6) is 1.54. The second-order valence-corrected chi connectivity index (χ2v) is 8.30. The lowest BCUT2D eigenvalue weighted by Gasteiger charge is -2.25. The van der Waals surface area contributed by atoms with Gasteiger partial charge >= 0.3 is 0 Å². The smallest absolute Gasteiger partial charge is 0.254 e. The zero-order valence-corrected chi connectivity index (χ0v) is 18.9. The van der Waals surface area contributed by atoms with Crippen molar-refractivity contribution in [2.45, 2.75) is 18.8 Å². The second-order valence-electron chi connectivity index (χ2n) is 8.30. The Bertz CT molecular complexity index is 986. The number of ether oxygens (including phenoxy) is 3. The Morgan fingerprint density at radius 1 is 0.844 bits per heavy atom. The van der Waals surface area contributed by atoms with Gasteiger partial charge in [-0.15, -0.1) is 0 Å². The van der Waals surface area contributed by atoms with E-state index in [2.05, 4.69) is 0 Å². The molecule has 4 rings (SSSR count). The largest absolute Gasteiger partial charge is 0.497 e. The second kappa shape index (κ2) is 9.51. The summed E-state index contributed by atoms with van der Waals surface area (Å²) in [6, 6.07) is 12.8. The average Bonchev–Trinajstić information content (AvgIpc) is 3.53. The van der Waals surface area contributed by atoms with Crippen molar-refractivity contribution in [2.75, 3.05) is 47.5 Å². The summed E-state index contributed by atoms with van der Waals surface area (Å²) in [7, 11) is 4.80. The monoisotopic (exact) mass is 438 g/mol. The highest BCUT2D eigenvalue weighted by molar-refractivity contribution is 5.95.